The van der Waals surface area contributed by atoms with Crippen molar-refractivity contribution in [2.24, 2.45) is 5.92 Å². The Labute approximate surface area is 154 Å². The Morgan fingerprint density at radius 2 is 1.96 bits per heavy atom. The first-order valence-electron chi connectivity index (χ1n) is 8.79. The Morgan fingerprint density at radius 1 is 1.31 bits per heavy atom. The molecule has 0 saturated heterocycles. The highest BCUT2D eigenvalue weighted by atomic mass is 19.1. The van der Waals surface area contributed by atoms with Gasteiger partial charge in [-0.3, -0.25) is 0 Å². The van der Waals surface area contributed by atoms with Crippen LogP contribution in [0.2, 0.25) is 0 Å². The number of hydrogen-bond donors (Lipinski definition) is 0. The maximum atomic E-state index is 14.5. The number of rotatable bonds is 5. The number of methoxy groups -OCH3 is 1. The van der Waals surface area contributed by atoms with Crippen molar-refractivity contribution in [3.8, 4) is 11.5 Å². The van der Waals surface area contributed by atoms with Crippen molar-refractivity contribution in [2.75, 3.05) is 13.7 Å². The summed E-state index contributed by atoms with van der Waals surface area (Å²) < 4.78 is 30.8. The first-order chi connectivity index (χ1) is 12.1. The van der Waals surface area contributed by atoms with Crippen LogP contribution in [-0.2, 0) is 9.53 Å². The van der Waals surface area contributed by atoms with Gasteiger partial charge in [-0.05, 0) is 51.3 Å². The second-order valence-electron chi connectivity index (χ2n) is 7.17. The summed E-state index contributed by atoms with van der Waals surface area (Å²) >= 11 is 0. The number of halogens is 1. The second kappa shape index (κ2) is 7.52. The van der Waals surface area contributed by atoms with Gasteiger partial charge in [0.2, 0.25) is 5.83 Å². The number of benzene rings is 1. The van der Waals surface area contributed by atoms with Gasteiger partial charge >= 0.3 is 5.97 Å². The minimum Gasteiger partial charge on any atom is -0.496 e. The molecule has 0 fully saturated rings. The van der Waals surface area contributed by atoms with E-state index in [1.807, 2.05) is 19.9 Å². The lowest BCUT2D eigenvalue weighted by Crippen LogP contribution is -2.29. The molecular formula is C21H27FO4. The van der Waals surface area contributed by atoms with Crippen LogP contribution < -0.4 is 9.47 Å². The minimum absolute atomic E-state index is 0.115. The molecule has 0 atom stereocenters. The zero-order valence-corrected chi connectivity index (χ0v) is 16.5. The standard InChI is InChI=1S/C21H27FO4/c1-8-25-20(23)19(22)13(4)14-9-15-16(12(2)3)11-21(5,6)26-18(15)10-17(14)24-7/h9-12H,8H2,1-7H3. The van der Waals surface area contributed by atoms with Crippen molar-refractivity contribution in [3.63, 3.8) is 0 Å². The number of ether oxygens (including phenoxy) is 3. The van der Waals surface area contributed by atoms with Crippen LogP contribution in [0.25, 0.3) is 11.1 Å². The lowest BCUT2D eigenvalue weighted by molar-refractivity contribution is -0.140. The quantitative estimate of drug-likeness (QED) is 0.535. The van der Waals surface area contributed by atoms with Crippen molar-refractivity contribution in [2.45, 2.75) is 47.1 Å². The summed E-state index contributed by atoms with van der Waals surface area (Å²) in [6.45, 7) is 11.5. The van der Waals surface area contributed by atoms with Crippen molar-refractivity contribution >= 4 is 17.1 Å². The lowest BCUT2D eigenvalue weighted by atomic mass is 9.86. The fraction of sp³-hybridized carbons (Fsp3) is 0.476. The molecule has 1 aliphatic heterocycles. The van der Waals surface area contributed by atoms with E-state index in [1.165, 1.54) is 7.11 Å². The van der Waals surface area contributed by atoms with Gasteiger partial charge in [-0.1, -0.05) is 13.8 Å². The number of carbonyl (C=O) groups is 1. The topological polar surface area (TPSA) is 44.8 Å². The third-order valence-corrected chi connectivity index (χ3v) is 4.30. The molecule has 1 aliphatic rings. The van der Waals surface area contributed by atoms with E-state index in [4.69, 9.17) is 14.2 Å². The van der Waals surface area contributed by atoms with Crippen LogP contribution in [0.3, 0.4) is 0 Å². The van der Waals surface area contributed by atoms with Crippen molar-refractivity contribution in [1.29, 1.82) is 0 Å². The Morgan fingerprint density at radius 3 is 2.50 bits per heavy atom. The van der Waals surface area contributed by atoms with Crippen LogP contribution in [0.15, 0.2) is 24.0 Å². The van der Waals surface area contributed by atoms with Crippen LogP contribution in [0.4, 0.5) is 4.39 Å². The van der Waals surface area contributed by atoms with Gasteiger partial charge in [-0.25, -0.2) is 4.79 Å². The van der Waals surface area contributed by atoms with Gasteiger partial charge < -0.3 is 14.2 Å². The molecule has 0 bridgehead atoms. The molecule has 0 saturated carbocycles. The third-order valence-electron chi connectivity index (χ3n) is 4.30. The fourth-order valence-corrected chi connectivity index (χ4v) is 3.04. The summed E-state index contributed by atoms with van der Waals surface area (Å²) in [7, 11) is 1.51. The molecule has 0 radical (unpaired) electrons. The predicted octanol–water partition coefficient (Wildman–Crippen LogP) is 5.17. The normalized spacial score (nSPS) is 16.3. The molecule has 5 heteroatoms. The molecule has 0 N–H and O–H groups in total. The molecule has 1 aromatic rings. The Hall–Kier alpha value is -2.30. The number of carbonyl (C=O) groups excluding carboxylic acids is 1. The molecule has 0 aromatic heterocycles. The highest BCUT2D eigenvalue weighted by Gasteiger charge is 2.30. The van der Waals surface area contributed by atoms with E-state index in [0.717, 1.165) is 11.1 Å². The van der Waals surface area contributed by atoms with E-state index >= 15 is 0 Å². The van der Waals surface area contributed by atoms with Crippen LogP contribution in [0.5, 0.6) is 11.5 Å². The number of esters is 1. The molecule has 26 heavy (non-hydrogen) atoms. The molecular weight excluding hydrogens is 335 g/mol. The van der Waals surface area contributed by atoms with Gasteiger partial charge in [0, 0.05) is 22.8 Å². The molecule has 0 unspecified atom stereocenters. The minimum atomic E-state index is -0.971. The Kier molecular flexibility index (Phi) is 5.79. The van der Waals surface area contributed by atoms with E-state index in [-0.39, 0.29) is 18.1 Å². The fourth-order valence-electron chi connectivity index (χ4n) is 3.04. The van der Waals surface area contributed by atoms with Crippen LogP contribution in [-0.4, -0.2) is 25.3 Å². The summed E-state index contributed by atoms with van der Waals surface area (Å²) in [4.78, 5) is 11.8. The summed E-state index contributed by atoms with van der Waals surface area (Å²) in [5, 5.41) is 0. The maximum absolute atomic E-state index is 14.5. The monoisotopic (exact) mass is 362 g/mol. The molecule has 0 aliphatic carbocycles. The van der Waals surface area contributed by atoms with Crippen LogP contribution in [0.1, 0.15) is 52.7 Å². The van der Waals surface area contributed by atoms with Gasteiger partial charge in [0.1, 0.15) is 17.1 Å². The van der Waals surface area contributed by atoms with Gasteiger partial charge in [0.25, 0.3) is 0 Å². The predicted molar refractivity (Wildman–Crippen MR) is 101 cm³/mol. The Bertz CT molecular complexity index is 772. The summed E-state index contributed by atoms with van der Waals surface area (Å²) in [5.41, 5.74) is 2.23. The highest BCUT2D eigenvalue weighted by Crippen LogP contribution is 2.44. The van der Waals surface area contributed by atoms with E-state index in [1.54, 1.807) is 19.9 Å². The molecule has 1 heterocycles. The Balaban J connectivity index is 2.66. The lowest BCUT2D eigenvalue weighted by Gasteiger charge is -2.33. The number of hydrogen-bond acceptors (Lipinski definition) is 4. The zero-order valence-electron chi connectivity index (χ0n) is 16.5. The third kappa shape index (κ3) is 3.92. The summed E-state index contributed by atoms with van der Waals surface area (Å²) in [5.74, 6) is -0.496. The van der Waals surface area contributed by atoms with Crippen molar-refractivity contribution < 1.29 is 23.4 Å². The molecule has 1 aromatic carbocycles. The van der Waals surface area contributed by atoms with Gasteiger partial charge in [0.05, 0.1) is 13.7 Å². The van der Waals surface area contributed by atoms with E-state index in [9.17, 15) is 9.18 Å². The first-order valence-corrected chi connectivity index (χ1v) is 8.79. The van der Waals surface area contributed by atoms with Gasteiger partial charge in [-0.2, -0.15) is 4.39 Å². The second-order valence-corrected chi connectivity index (χ2v) is 7.17. The summed E-state index contributed by atoms with van der Waals surface area (Å²) in [6, 6.07) is 3.58. The average molecular weight is 362 g/mol. The molecule has 0 spiro atoms. The smallest absolute Gasteiger partial charge is 0.367 e. The van der Waals surface area contributed by atoms with Crippen molar-refractivity contribution in [1.82, 2.24) is 0 Å². The van der Waals surface area contributed by atoms with Crippen LogP contribution in [0, 0.1) is 5.92 Å². The van der Waals surface area contributed by atoms with Crippen LogP contribution >= 0.6 is 0 Å². The molecule has 2 rings (SSSR count). The van der Waals surface area contributed by atoms with E-state index in [0.29, 0.717) is 17.1 Å². The van der Waals surface area contributed by atoms with Crippen molar-refractivity contribution in [3.05, 3.63) is 35.2 Å². The number of fused-ring (bicyclic) bond motifs is 1. The highest BCUT2D eigenvalue weighted by molar-refractivity contribution is 5.96. The van der Waals surface area contributed by atoms with E-state index in [2.05, 4.69) is 19.9 Å². The molecule has 0 amide bonds. The molecule has 4 nitrogen and oxygen atoms in total. The maximum Gasteiger partial charge on any atom is 0.367 e. The summed E-state index contributed by atoms with van der Waals surface area (Å²) in [6.07, 6.45) is 2.08. The first kappa shape index (κ1) is 20.0. The average Bonchev–Trinajstić information content (AvgIpc) is 2.57. The van der Waals surface area contributed by atoms with E-state index < -0.39 is 17.4 Å². The van der Waals surface area contributed by atoms with Gasteiger partial charge in [0.15, 0.2) is 0 Å². The molecule has 142 valence electrons. The van der Waals surface area contributed by atoms with Gasteiger partial charge in [-0.15, -0.1) is 0 Å². The number of allylic oxidation sites excluding steroid dienone is 2. The SMILES string of the molecule is CCOC(=O)C(F)=C(C)c1cc2c(cc1OC)OC(C)(C)C=C2C(C)C. The zero-order chi connectivity index (χ0) is 19.6. The largest absolute Gasteiger partial charge is 0.496 e.